The lowest BCUT2D eigenvalue weighted by Gasteiger charge is -2.07. The Bertz CT molecular complexity index is 499. The number of hydrogen-bond donors (Lipinski definition) is 1. The largest absolute Gasteiger partial charge is 0.456 e. The third-order valence-electron chi connectivity index (χ3n) is 2.00. The molecule has 0 aliphatic heterocycles. The van der Waals surface area contributed by atoms with Gasteiger partial charge in [-0.15, -0.1) is 0 Å². The molecule has 0 fully saturated rings. The van der Waals surface area contributed by atoms with Gasteiger partial charge < -0.3 is 10.5 Å². The highest BCUT2D eigenvalue weighted by Crippen LogP contribution is 2.30. The minimum atomic E-state index is -0.309. The van der Waals surface area contributed by atoms with Gasteiger partial charge >= 0.3 is 0 Å². The Labute approximate surface area is 101 Å². The van der Waals surface area contributed by atoms with Crippen molar-refractivity contribution in [1.82, 2.24) is 0 Å². The second-order valence-electron chi connectivity index (χ2n) is 3.25. The standard InChI is InChI=1S/C12H9BrFNO/c13-11-7-8(14)1-6-12(11)16-10-4-2-9(15)3-5-10/h1-7H,15H2. The molecule has 0 heterocycles. The van der Waals surface area contributed by atoms with Crippen molar-refractivity contribution in [2.24, 2.45) is 0 Å². The van der Waals surface area contributed by atoms with Gasteiger partial charge in [0.2, 0.25) is 0 Å². The predicted molar refractivity (Wildman–Crippen MR) is 65.0 cm³/mol. The summed E-state index contributed by atoms with van der Waals surface area (Å²) in [7, 11) is 0. The molecule has 2 aromatic rings. The molecule has 0 atom stereocenters. The fourth-order valence-electron chi connectivity index (χ4n) is 1.22. The first kappa shape index (κ1) is 11.0. The summed E-state index contributed by atoms with van der Waals surface area (Å²) in [6.07, 6.45) is 0. The fourth-order valence-corrected chi connectivity index (χ4v) is 1.65. The van der Waals surface area contributed by atoms with Crippen LogP contribution in [0.2, 0.25) is 0 Å². The van der Waals surface area contributed by atoms with Gasteiger partial charge in [-0.1, -0.05) is 0 Å². The number of rotatable bonds is 2. The Morgan fingerprint density at radius 1 is 1.06 bits per heavy atom. The van der Waals surface area contributed by atoms with E-state index in [4.69, 9.17) is 10.5 Å². The lowest BCUT2D eigenvalue weighted by molar-refractivity contribution is 0.477. The monoisotopic (exact) mass is 281 g/mol. The molecule has 16 heavy (non-hydrogen) atoms. The average molecular weight is 282 g/mol. The van der Waals surface area contributed by atoms with E-state index in [1.165, 1.54) is 12.1 Å². The van der Waals surface area contributed by atoms with E-state index in [0.717, 1.165) is 0 Å². The molecule has 2 N–H and O–H groups in total. The Hall–Kier alpha value is -1.55. The summed E-state index contributed by atoms with van der Waals surface area (Å²) in [4.78, 5) is 0. The highest BCUT2D eigenvalue weighted by molar-refractivity contribution is 9.10. The number of hydrogen-bond acceptors (Lipinski definition) is 2. The SMILES string of the molecule is Nc1ccc(Oc2ccc(F)cc2Br)cc1. The van der Waals surface area contributed by atoms with E-state index < -0.39 is 0 Å². The molecule has 0 aliphatic carbocycles. The second kappa shape index (κ2) is 4.53. The Kier molecular flexibility index (Phi) is 3.10. The highest BCUT2D eigenvalue weighted by atomic mass is 79.9. The molecule has 82 valence electrons. The van der Waals surface area contributed by atoms with Gasteiger partial charge in [-0.3, -0.25) is 0 Å². The first-order valence-corrected chi connectivity index (χ1v) is 5.43. The predicted octanol–water partition coefficient (Wildman–Crippen LogP) is 3.96. The van der Waals surface area contributed by atoms with E-state index in [-0.39, 0.29) is 5.82 Å². The van der Waals surface area contributed by atoms with Gasteiger partial charge in [-0.25, -0.2) is 4.39 Å². The van der Waals surface area contributed by atoms with Crippen LogP contribution >= 0.6 is 15.9 Å². The van der Waals surface area contributed by atoms with Crippen LogP contribution in [0.3, 0.4) is 0 Å². The zero-order valence-corrected chi connectivity index (χ0v) is 9.87. The van der Waals surface area contributed by atoms with Crippen LogP contribution in [0.4, 0.5) is 10.1 Å². The molecule has 0 amide bonds. The topological polar surface area (TPSA) is 35.2 Å². The number of benzene rings is 2. The lowest BCUT2D eigenvalue weighted by Crippen LogP contribution is -1.88. The number of ether oxygens (including phenoxy) is 1. The van der Waals surface area contributed by atoms with Crippen molar-refractivity contribution in [1.29, 1.82) is 0 Å². The second-order valence-corrected chi connectivity index (χ2v) is 4.10. The first-order valence-electron chi connectivity index (χ1n) is 4.63. The van der Waals surface area contributed by atoms with Gasteiger partial charge in [0.15, 0.2) is 0 Å². The Morgan fingerprint density at radius 3 is 2.38 bits per heavy atom. The molecule has 0 bridgehead atoms. The molecule has 0 spiro atoms. The van der Waals surface area contributed by atoms with Crippen molar-refractivity contribution >= 4 is 21.6 Å². The number of nitrogen functional groups attached to an aromatic ring is 1. The lowest BCUT2D eigenvalue weighted by atomic mass is 10.3. The first-order chi connectivity index (χ1) is 7.65. The van der Waals surface area contributed by atoms with Crippen molar-refractivity contribution in [2.75, 3.05) is 5.73 Å². The van der Waals surface area contributed by atoms with Crippen LogP contribution in [0, 0.1) is 5.82 Å². The normalized spacial score (nSPS) is 10.1. The van der Waals surface area contributed by atoms with Crippen molar-refractivity contribution in [2.45, 2.75) is 0 Å². The minimum Gasteiger partial charge on any atom is -0.456 e. The van der Waals surface area contributed by atoms with E-state index in [0.29, 0.717) is 21.7 Å². The molecule has 0 saturated heterocycles. The third kappa shape index (κ3) is 2.52. The Morgan fingerprint density at radius 2 is 1.75 bits per heavy atom. The van der Waals surface area contributed by atoms with E-state index >= 15 is 0 Å². The van der Waals surface area contributed by atoms with Crippen molar-refractivity contribution < 1.29 is 9.13 Å². The third-order valence-corrected chi connectivity index (χ3v) is 2.62. The summed E-state index contributed by atoms with van der Waals surface area (Å²) in [6.45, 7) is 0. The van der Waals surface area contributed by atoms with Gasteiger partial charge in [-0.05, 0) is 58.4 Å². The molecule has 2 rings (SSSR count). The molecule has 4 heteroatoms. The van der Waals surface area contributed by atoms with Crippen LogP contribution < -0.4 is 10.5 Å². The molecule has 0 saturated carbocycles. The number of halogens is 2. The molecule has 0 aromatic heterocycles. The quantitative estimate of drug-likeness (QED) is 0.846. The summed E-state index contributed by atoms with van der Waals surface area (Å²) < 4.78 is 19.0. The number of anilines is 1. The van der Waals surface area contributed by atoms with Crippen LogP contribution in [0.25, 0.3) is 0 Å². The van der Waals surface area contributed by atoms with E-state index in [1.54, 1.807) is 30.3 Å². The van der Waals surface area contributed by atoms with Gasteiger partial charge in [-0.2, -0.15) is 0 Å². The molecule has 0 aliphatic rings. The summed E-state index contributed by atoms with van der Waals surface area (Å²) in [5, 5.41) is 0. The average Bonchev–Trinajstić information content (AvgIpc) is 2.25. The number of nitrogens with two attached hydrogens (primary N) is 1. The van der Waals surface area contributed by atoms with Gasteiger partial charge in [0.1, 0.15) is 17.3 Å². The highest BCUT2D eigenvalue weighted by Gasteiger charge is 2.03. The van der Waals surface area contributed by atoms with Gasteiger partial charge in [0.25, 0.3) is 0 Å². The van der Waals surface area contributed by atoms with Crippen LogP contribution in [-0.4, -0.2) is 0 Å². The molecular formula is C12H9BrFNO. The van der Waals surface area contributed by atoms with Crippen LogP contribution in [0.5, 0.6) is 11.5 Å². The summed E-state index contributed by atoms with van der Waals surface area (Å²) in [5.41, 5.74) is 6.23. The summed E-state index contributed by atoms with van der Waals surface area (Å²) >= 11 is 3.23. The maximum Gasteiger partial charge on any atom is 0.141 e. The maximum atomic E-state index is 12.8. The van der Waals surface area contributed by atoms with Crippen LogP contribution in [-0.2, 0) is 0 Å². The summed E-state index contributed by atoms with van der Waals surface area (Å²) in [6, 6.07) is 11.3. The van der Waals surface area contributed by atoms with Crippen molar-refractivity contribution in [3.63, 3.8) is 0 Å². The maximum absolute atomic E-state index is 12.8. The van der Waals surface area contributed by atoms with E-state index in [2.05, 4.69) is 15.9 Å². The fraction of sp³-hybridized carbons (Fsp3) is 0. The minimum absolute atomic E-state index is 0.309. The van der Waals surface area contributed by atoms with Crippen LogP contribution in [0.15, 0.2) is 46.9 Å². The van der Waals surface area contributed by atoms with E-state index in [1.807, 2.05) is 0 Å². The van der Waals surface area contributed by atoms with Crippen LogP contribution in [0.1, 0.15) is 0 Å². The molecular weight excluding hydrogens is 273 g/mol. The van der Waals surface area contributed by atoms with E-state index in [9.17, 15) is 4.39 Å². The molecule has 2 nitrogen and oxygen atoms in total. The summed E-state index contributed by atoms with van der Waals surface area (Å²) in [5.74, 6) is 0.907. The molecule has 0 radical (unpaired) electrons. The smallest absolute Gasteiger partial charge is 0.141 e. The van der Waals surface area contributed by atoms with Gasteiger partial charge in [0, 0.05) is 5.69 Å². The van der Waals surface area contributed by atoms with Gasteiger partial charge in [0.05, 0.1) is 4.47 Å². The van der Waals surface area contributed by atoms with Crippen molar-refractivity contribution in [3.8, 4) is 11.5 Å². The molecule has 0 unspecified atom stereocenters. The molecule has 2 aromatic carbocycles. The Balaban J connectivity index is 2.23. The zero-order chi connectivity index (χ0) is 11.5. The van der Waals surface area contributed by atoms with Crippen molar-refractivity contribution in [3.05, 3.63) is 52.8 Å². The zero-order valence-electron chi connectivity index (χ0n) is 8.28.